The van der Waals surface area contributed by atoms with E-state index in [1.54, 1.807) is 37.6 Å². The number of benzene rings is 4. The molecule has 0 saturated carbocycles. The molecule has 0 atom stereocenters. The smallest absolute Gasteiger partial charge is 0.144 e. The number of fused-ring (bicyclic) bond motifs is 2. The number of methoxy groups -OCH3 is 1. The predicted octanol–water partition coefficient (Wildman–Crippen LogP) is 4.87. The molecule has 0 bridgehead atoms. The van der Waals surface area contributed by atoms with Crippen molar-refractivity contribution in [2.75, 3.05) is 7.11 Å². The van der Waals surface area contributed by atoms with E-state index in [4.69, 9.17) is 4.74 Å². The first-order chi connectivity index (χ1) is 13.1. The maximum absolute atomic E-state index is 10.7. The molecule has 27 heavy (non-hydrogen) atoms. The molecule has 4 aromatic rings. The Labute approximate surface area is 155 Å². The van der Waals surface area contributed by atoms with E-state index in [1.165, 1.54) is 12.1 Å². The summed E-state index contributed by atoms with van der Waals surface area (Å²) in [4.78, 5) is 4.54. The number of hydrogen-bond acceptors (Lipinski definition) is 5. The number of phenolic OH excluding ortho intramolecular Hbond substituents is 3. The highest BCUT2D eigenvalue weighted by Gasteiger charge is 2.17. The summed E-state index contributed by atoms with van der Waals surface area (Å²) < 4.78 is 5.33. The standard InChI is InChI=1S/C22H17NO4/c1-27-19-11-3-2-8-16(19)23-12-15-13-6-4-9-17(24)20(13)22(26)21-14(15)7-5-10-18(21)25/h2-12,24-26H,1H3. The van der Waals surface area contributed by atoms with Crippen molar-refractivity contribution < 1.29 is 20.1 Å². The van der Waals surface area contributed by atoms with Crippen LogP contribution in [0.1, 0.15) is 5.56 Å². The molecule has 0 aliphatic carbocycles. The Bertz CT molecular complexity index is 1130. The summed E-state index contributed by atoms with van der Waals surface area (Å²) >= 11 is 0. The van der Waals surface area contributed by atoms with Crippen LogP contribution in [0.5, 0.6) is 23.0 Å². The lowest BCUT2D eigenvalue weighted by atomic mass is 9.95. The quantitative estimate of drug-likeness (QED) is 0.360. The molecule has 0 radical (unpaired) electrons. The van der Waals surface area contributed by atoms with Gasteiger partial charge in [-0.05, 0) is 35.0 Å². The highest BCUT2D eigenvalue weighted by molar-refractivity contribution is 6.19. The second-order valence-corrected chi connectivity index (χ2v) is 6.09. The van der Waals surface area contributed by atoms with Gasteiger partial charge in [0.2, 0.25) is 0 Å². The third kappa shape index (κ3) is 2.69. The summed E-state index contributed by atoms with van der Waals surface area (Å²) in [5.41, 5.74) is 1.32. The maximum Gasteiger partial charge on any atom is 0.144 e. The number of phenols is 3. The number of aliphatic imine (C=N–C) groups is 1. The minimum atomic E-state index is -0.161. The number of ether oxygens (including phenoxy) is 1. The van der Waals surface area contributed by atoms with E-state index in [9.17, 15) is 15.3 Å². The van der Waals surface area contributed by atoms with Crippen LogP contribution in [0.15, 0.2) is 65.7 Å². The van der Waals surface area contributed by atoms with Gasteiger partial charge in [-0.2, -0.15) is 0 Å². The van der Waals surface area contributed by atoms with Crippen LogP contribution < -0.4 is 4.74 Å². The van der Waals surface area contributed by atoms with E-state index >= 15 is 0 Å². The van der Waals surface area contributed by atoms with Crippen molar-refractivity contribution in [3.8, 4) is 23.0 Å². The van der Waals surface area contributed by atoms with Crippen LogP contribution in [0, 0.1) is 0 Å². The summed E-state index contributed by atoms with van der Waals surface area (Å²) in [6.45, 7) is 0. The van der Waals surface area contributed by atoms with Crippen molar-refractivity contribution >= 4 is 33.4 Å². The molecule has 4 aromatic carbocycles. The maximum atomic E-state index is 10.7. The van der Waals surface area contributed by atoms with E-state index in [0.29, 0.717) is 27.8 Å². The Morgan fingerprint density at radius 1 is 0.778 bits per heavy atom. The summed E-state index contributed by atoms with van der Waals surface area (Å²) in [6, 6.07) is 17.3. The van der Waals surface area contributed by atoms with E-state index in [2.05, 4.69) is 4.99 Å². The third-order valence-corrected chi connectivity index (χ3v) is 4.56. The first-order valence-electron chi connectivity index (χ1n) is 8.37. The molecule has 0 heterocycles. The molecular weight excluding hydrogens is 342 g/mol. The van der Waals surface area contributed by atoms with Crippen LogP contribution in [-0.2, 0) is 0 Å². The Morgan fingerprint density at radius 3 is 1.96 bits per heavy atom. The van der Waals surface area contributed by atoms with E-state index in [1.807, 2.05) is 24.3 Å². The zero-order valence-electron chi connectivity index (χ0n) is 14.5. The highest BCUT2D eigenvalue weighted by Crippen LogP contribution is 2.44. The van der Waals surface area contributed by atoms with Crippen LogP contribution in [0.3, 0.4) is 0 Å². The highest BCUT2D eigenvalue weighted by atomic mass is 16.5. The number of rotatable bonds is 3. The molecule has 0 unspecified atom stereocenters. The lowest BCUT2D eigenvalue weighted by Crippen LogP contribution is -1.91. The predicted molar refractivity (Wildman–Crippen MR) is 107 cm³/mol. The minimum Gasteiger partial charge on any atom is -0.507 e. The van der Waals surface area contributed by atoms with Crippen LogP contribution in [0.4, 0.5) is 5.69 Å². The van der Waals surface area contributed by atoms with Gasteiger partial charge in [0.1, 0.15) is 28.7 Å². The van der Waals surface area contributed by atoms with Gasteiger partial charge in [-0.15, -0.1) is 0 Å². The second kappa shape index (κ2) is 6.53. The Kier molecular flexibility index (Phi) is 4.05. The fourth-order valence-electron chi connectivity index (χ4n) is 3.31. The van der Waals surface area contributed by atoms with Crippen LogP contribution in [0.2, 0.25) is 0 Å². The first kappa shape index (κ1) is 16.7. The van der Waals surface area contributed by atoms with Crippen LogP contribution in [0.25, 0.3) is 21.5 Å². The minimum absolute atomic E-state index is 0.0675. The molecule has 0 aromatic heterocycles. The summed E-state index contributed by atoms with van der Waals surface area (Å²) in [7, 11) is 1.58. The fourth-order valence-corrected chi connectivity index (χ4v) is 3.31. The van der Waals surface area contributed by atoms with Crippen LogP contribution in [-0.4, -0.2) is 28.6 Å². The zero-order chi connectivity index (χ0) is 19.0. The average molecular weight is 359 g/mol. The van der Waals surface area contributed by atoms with Gasteiger partial charge in [0.15, 0.2) is 0 Å². The van der Waals surface area contributed by atoms with Gasteiger partial charge in [0.25, 0.3) is 0 Å². The molecule has 5 nitrogen and oxygen atoms in total. The second-order valence-electron chi connectivity index (χ2n) is 6.09. The molecule has 4 rings (SSSR count). The molecule has 5 heteroatoms. The SMILES string of the molecule is COc1ccccc1N=Cc1c2cccc(O)c2c(O)c2c(O)cccc12. The number of para-hydroxylation sites is 2. The van der Waals surface area contributed by atoms with Crippen molar-refractivity contribution in [1.82, 2.24) is 0 Å². The van der Waals surface area contributed by atoms with Crippen molar-refractivity contribution in [3.63, 3.8) is 0 Å². The van der Waals surface area contributed by atoms with Crippen molar-refractivity contribution in [1.29, 1.82) is 0 Å². The van der Waals surface area contributed by atoms with Gasteiger partial charge < -0.3 is 20.1 Å². The van der Waals surface area contributed by atoms with Gasteiger partial charge in [-0.3, -0.25) is 4.99 Å². The lowest BCUT2D eigenvalue weighted by Gasteiger charge is -2.13. The Balaban J connectivity index is 2.07. The van der Waals surface area contributed by atoms with E-state index in [-0.39, 0.29) is 28.0 Å². The molecular formula is C22H17NO4. The van der Waals surface area contributed by atoms with Gasteiger partial charge in [-0.25, -0.2) is 0 Å². The normalized spacial score (nSPS) is 11.4. The number of hydrogen-bond donors (Lipinski definition) is 3. The monoisotopic (exact) mass is 359 g/mol. The number of nitrogens with zero attached hydrogens (tertiary/aromatic N) is 1. The third-order valence-electron chi connectivity index (χ3n) is 4.56. The zero-order valence-corrected chi connectivity index (χ0v) is 14.5. The largest absolute Gasteiger partial charge is 0.507 e. The van der Waals surface area contributed by atoms with Crippen LogP contribution >= 0.6 is 0 Å². The molecule has 0 amide bonds. The van der Waals surface area contributed by atoms with Crippen molar-refractivity contribution in [3.05, 3.63) is 66.2 Å². The molecule has 0 aliphatic rings. The van der Waals surface area contributed by atoms with Gasteiger partial charge in [-0.1, -0.05) is 36.4 Å². The van der Waals surface area contributed by atoms with E-state index in [0.717, 1.165) is 0 Å². The Morgan fingerprint density at radius 2 is 1.37 bits per heavy atom. The average Bonchev–Trinajstić information content (AvgIpc) is 2.68. The lowest BCUT2D eigenvalue weighted by molar-refractivity contribution is 0.416. The molecule has 3 N–H and O–H groups in total. The van der Waals surface area contributed by atoms with E-state index < -0.39 is 0 Å². The van der Waals surface area contributed by atoms with Gasteiger partial charge in [0, 0.05) is 11.8 Å². The fraction of sp³-hybridized carbons (Fsp3) is 0.0455. The molecule has 0 spiro atoms. The summed E-state index contributed by atoms with van der Waals surface area (Å²) in [5.74, 6) is 0.335. The van der Waals surface area contributed by atoms with Crippen molar-refractivity contribution in [2.45, 2.75) is 0 Å². The first-order valence-corrected chi connectivity index (χ1v) is 8.37. The van der Waals surface area contributed by atoms with Gasteiger partial charge >= 0.3 is 0 Å². The molecule has 0 aliphatic heterocycles. The molecule has 0 saturated heterocycles. The number of aromatic hydroxyl groups is 3. The van der Waals surface area contributed by atoms with Gasteiger partial charge in [0.05, 0.1) is 17.9 Å². The summed E-state index contributed by atoms with van der Waals surface area (Å²) in [5, 5.41) is 33.1. The topological polar surface area (TPSA) is 82.3 Å². The van der Waals surface area contributed by atoms with Crippen molar-refractivity contribution in [2.24, 2.45) is 4.99 Å². The molecule has 0 fully saturated rings. The Hall–Kier alpha value is -3.73. The molecule has 134 valence electrons. The summed E-state index contributed by atoms with van der Waals surface area (Å²) in [6.07, 6.45) is 1.65.